The topological polar surface area (TPSA) is 56.9 Å². The predicted octanol–water partition coefficient (Wildman–Crippen LogP) is 6.01. The van der Waals surface area contributed by atoms with E-state index in [0.717, 1.165) is 16.5 Å². The van der Waals surface area contributed by atoms with Gasteiger partial charge in [-0.3, -0.25) is 0 Å². The molecule has 0 spiro atoms. The molecule has 7 heteroatoms. The van der Waals surface area contributed by atoms with E-state index in [1.54, 1.807) is 30.5 Å². The number of anilines is 1. The average molecular weight is 383 g/mol. The Balaban J connectivity index is 1.72. The number of aromatic amines is 1. The van der Waals surface area contributed by atoms with Crippen LogP contribution in [0.1, 0.15) is 18.5 Å². The SMILES string of the molecule is CC(NC(=O)Nc1cc(Cl)c2cc[nH]c2c1)c1cc(Cl)cc(Cl)c1. The van der Waals surface area contributed by atoms with Crippen molar-refractivity contribution >= 4 is 57.4 Å². The molecule has 2 amide bonds. The van der Waals surface area contributed by atoms with Gasteiger partial charge >= 0.3 is 6.03 Å². The van der Waals surface area contributed by atoms with Crippen molar-refractivity contribution in [3.8, 4) is 0 Å². The number of benzene rings is 2. The van der Waals surface area contributed by atoms with Crippen LogP contribution in [0.3, 0.4) is 0 Å². The standard InChI is InChI=1S/C17H14Cl3N3O/c1-9(10-4-11(18)6-12(19)5-10)22-17(24)23-13-7-15(20)14-2-3-21-16(14)8-13/h2-9,21H,1H3,(H2,22,23,24). The highest BCUT2D eigenvalue weighted by Gasteiger charge is 2.12. The van der Waals surface area contributed by atoms with Gasteiger partial charge in [0.2, 0.25) is 0 Å². The smallest absolute Gasteiger partial charge is 0.319 e. The maximum Gasteiger partial charge on any atom is 0.319 e. The Kier molecular flexibility index (Phi) is 4.90. The highest BCUT2D eigenvalue weighted by Crippen LogP contribution is 2.27. The lowest BCUT2D eigenvalue weighted by Crippen LogP contribution is -2.31. The second-order valence-electron chi connectivity index (χ2n) is 5.42. The van der Waals surface area contributed by atoms with Crippen LogP contribution in [0, 0.1) is 0 Å². The molecule has 1 heterocycles. The number of rotatable bonds is 3. The van der Waals surface area contributed by atoms with Crippen molar-refractivity contribution in [2.45, 2.75) is 13.0 Å². The Morgan fingerprint density at radius 2 is 1.79 bits per heavy atom. The van der Waals surface area contributed by atoms with Gasteiger partial charge in [-0.25, -0.2) is 4.79 Å². The van der Waals surface area contributed by atoms with E-state index in [4.69, 9.17) is 34.8 Å². The molecule has 1 unspecified atom stereocenters. The molecule has 0 saturated carbocycles. The fourth-order valence-electron chi connectivity index (χ4n) is 2.47. The van der Waals surface area contributed by atoms with E-state index in [1.165, 1.54) is 0 Å². The van der Waals surface area contributed by atoms with Gasteiger partial charge in [0.05, 0.1) is 11.1 Å². The first kappa shape index (κ1) is 17.0. The number of nitrogens with one attached hydrogen (secondary N) is 3. The fraction of sp³-hybridized carbons (Fsp3) is 0.118. The van der Waals surface area contributed by atoms with Crippen LogP contribution < -0.4 is 10.6 Å². The summed E-state index contributed by atoms with van der Waals surface area (Å²) in [6.45, 7) is 1.85. The van der Waals surface area contributed by atoms with Crippen LogP contribution in [-0.4, -0.2) is 11.0 Å². The lowest BCUT2D eigenvalue weighted by Gasteiger charge is -2.16. The summed E-state index contributed by atoms with van der Waals surface area (Å²) in [5, 5.41) is 8.14. The molecule has 2 aromatic carbocycles. The predicted molar refractivity (Wildman–Crippen MR) is 100 cm³/mol. The summed E-state index contributed by atoms with van der Waals surface area (Å²) in [6.07, 6.45) is 1.80. The molecule has 0 aliphatic heterocycles. The Bertz CT molecular complexity index is 887. The first-order valence-corrected chi connectivity index (χ1v) is 8.36. The van der Waals surface area contributed by atoms with Crippen LogP contribution in [-0.2, 0) is 0 Å². The number of carbonyl (C=O) groups is 1. The molecular formula is C17H14Cl3N3O. The number of halogens is 3. The van der Waals surface area contributed by atoms with Crippen LogP contribution in [0.4, 0.5) is 10.5 Å². The van der Waals surface area contributed by atoms with Crippen LogP contribution in [0.2, 0.25) is 15.1 Å². The molecule has 4 nitrogen and oxygen atoms in total. The molecule has 3 N–H and O–H groups in total. The zero-order valence-electron chi connectivity index (χ0n) is 12.7. The van der Waals surface area contributed by atoms with E-state index in [0.29, 0.717) is 20.8 Å². The molecule has 0 radical (unpaired) electrons. The summed E-state index contributed by atoms with van der Waals surface area (Å²) in [7, 11) is 0. The van der Waals surface area contributed by atoms with Gasteiger partial charge in [0.25, 0.3) is 0 Å². The van der Waals surface area contributed by atoms with E-state index in [1.807, 2.05) is 19.1 Å². The van der Waals surface area contributed by atoms with Gasteiger partial charge in [-0.15, -0.1) is 0 Å². The van der Waals surface area contributed by atoms with E-state index in [-0.39, 0.29) is 12.1 Å². The molecule has 0 saturated heterocycles. The van der Waals surface area contributed by atoms with Crippen LogP contribution in [0.15, 0.2) is 42.6 Å². The lowest BCUT2D eigenvalue weighted by molar-refractivity contribution is 0.249. The van der Waals surface area contributed by atoms with Gasteiger partial charge in [0.15, 0.2) is 0 Å². The Hall–Kier alpha value is -1.88. The maximum atomic E-state index is 12.2. The third kappa shape index (κ3) is 3.78. The summed E-state index contributed by atoms with van der Waals surface area (Å²) in [4.78, 5) is 15.3. The van der Waals surface area contributed by atoms with Gasteiger partial charge in [0, 0.05) is 32.8 Å². The Labute approximate surface area is 154 Å². The molecule has 1 aromatic heterocycles. The highest BCUT2D eigenvalue weighted by atomic mass is 35.5. The Morgan fingerprint density at radius 1 is 1.08 bits per heavy atom. The second kappa shape index (κ2) is 6.93. The maximum absolute atomic E-state index is 12.2. The van der Waals surface area contributed by atoms with Crippen LogP contribution in [0.25, 0.3) is 10.9 Å². The van der Waals surface area contributed by atoms with Gasteiger partial charge in [-0.05, 0) is 48.9 Å². The van der Waals surface area contributed by atoms with Gasteiger partial charge in [-0.2, -0.15) is 0 Å². The summed E-state index contributed by atoms with van der Waals surface area (Å²) in [6, 6.07) is 9.98. The molecule has 124 valence electrons. The fourth-order valence-corrected chi connectivity index (χ4v) is 3.29. The van der Waals surface area contributed by atoms with Gasteiger partial charge in [-0.1, -0.05) is 34.8 Å². The van der Waals surface area contributed by atoms with Gasteiger partial charge < -0.3 is 15.6 Å². The van der Waals surface area contributed by atoms with Crippen molar-refractivity contribution in [2.24, 2.45) is 0 Å². The van der Waals surface area contributed by atoms with Crippen molar-refractivity contribution in [3.05, 3.63) is 63.2 Å². The molecule has 3 rings (SSSR count). The minimum Gasteiger partial charge on any atom is -0.361 e. The van der Waals surface area contributed by atoms with E-state index < -0.39 is 0 Å². The Morgan fingerprint density at radius 3 is 2.50 bits per heavy atom. The number of urea groups is 1. The average Bonchev–Trinajstić information content (AvgIpc) is 2.94. The molecular weight excluding hydrogens is 369 g/mol. The number of fused-ring (bicyclic) bond motifs is 1. The minimum atomic E-state index is -0.347. The monoisotopic (exact) mass is 381 g/mol. The second-order valence-corrected chi connectivity index (χ2v) is 6.70. The third-order valence-electron chi connectivity index (χ3n) is 3.61. The highest BCUT2D eigenvalue weighted by molar-refractivity contribution is 6.36. The quantitative estimate of drug-likeness (QED) is 0.510. The van der Waals surface area contributed by atoms with Crippen molar-refractivity contribution in [1.82, 2.24) is 10.3 Å². The first-order valence-electron chi connectivity index (χ1n) is 7.22. The summed E-state index contributed by atoms with van der Waals surface area (Å²) in [5.74, 6) is 0. The van der Waals surface area contributed by atoms with Crippen LogP contribution >= 0.6 is 34.8 Å². The first-order chi connectivity index (χ1) is 11.4. The summed E-state index contributed by atoms with van der Waals surface area (Å²) < 4.78 is 0. The largest absolute Gasteiger partial charge is 0.361 e. The summed E-state index contributed by atoms with van der Waals surface area (Å²) >= 11 is 18.2. The zero-order valence-corrected chi connectivity index (χ0v) is 14.9. The number of aromatic nitrogens is 1. The molecule has 1 atom stereocenters. The normalized spacial score (nSPS) is 12.2. The van der Waals surface area contributed by atoms with Crippen molar-refractivity contribution in [1.29, 1.82) is 0 Å². The van der Waals surface area contributed by atoms with Crippen molar-refractivity contribution in [3.63, 3.8) is 0 Å². The van der Waals surface area contributed by atoms with Gasteiger partial charge in [0.1, 0.15) is 0 Å². The van der Waals surface area contributed by atoms with Crippen molar-refractivity contribution < 1.29 is 4.79 Å². The molecule has 0 aliphatic carbocycles. The number of H-pyrrole nitrogens is 1. The molecule has 24 heavy (non-hydrogen) atoms. The van der Waals surface area contributed by atoms with E-state index >= 15 is 0 Å². The van der Waals surface area contributed by atoms with E-state index in [2.05, 4.69) is 15.6 Å². The molecule has 3 aromatic rings. The van der Waals surface area contributed by atoms with E-state index in [9.17, 15) is 4.79 Å². The molecule has 0 fully saturated rings. The number of hydrogen-bond acceptors (Lipinski definition) is 1. The third-order valence-corrected chi connectivity index (χ3v) is 4.36. The lowest BCUT2D eigenvalue weighted by atomic mass is 10.1. The van der Waals surface area contributed by atoms with Crippen LogP contribution in [0.5, 0.6) is 0 Å². The van der Waals surface area contributed by atoms with Crippen molar-refractivity contribution in [2.75, 3.05) is 5.32 Å². The zero-order chi connectivity index (χ0) is 17.3. The minimum absolute atomic E-state index is 0.258. The molecule has 0 bridgehead atoms. The molecule has 0 aliphatic rings. The number of carbonyl (C=O) groups excluding carboxylic acids is 1. The summed E-state index contributed by atoms with van der Waals surface area (Å²) in [5.41, 5.74) is 2.27. The number of hydrogen-bond donors (Lipinski definition) is 3. The number of amides is 2.